The zero-order valence-electron chi connectivity index (χ0n) is 11.7. The first-order valence-corrected chi connectivity index (χ1v) is 6.31. The van der Waals surface area contributed by atoms with Crippen molar-refractivity contribution >= 4 is 11.7 Å². The fraction of sp³-hybridized carbons (Fsp3) is 0.538. The lowest BCUT2D eigenvalue weighted by Crippen LogP contribution is -2.45. The number of nitrogens with one attached hydrogen (secondary N) is 2. The maximum atomic E-state index is 11.7. The molecule has 0 aromatic carbocycles. The van der Waals surface area contributed by atoms with Crippen LogP contribution in [0.25, 0.3) is 0 Å². The fourth-order valence-corrected chi connectivity index (χ4v) is 1.64. The normalized spacial score (nSPS) is 11.4. The van der Waals surface area contributed by atoms with Crippen LogP contribution in [-0.2, 0) is 4.79 Å². The number of carbonyl (C=O) groups is 1. The summed E-state index contributed by atoms with van der Waals surface area (Å²) in [4.78, 5) is 17.6. The highest BCUT2D eigenvalue weighted by atomic mass is 16.3. The van der Waals surface area contributed by atoms with Gasteiger partial charge in [-0.1, -0.05) is 13.0 Å². The quantitative estimate of drug-likeness (QED) is 0.631. The third kappa shape index (κ3) is 6.73. The molecule has 3 N–H and O–H groups in total. The summed E-state index contributed by atoms with van der Waals surface area (Å²) in [6.45, 7) is 6.76. The Bertz CT molecular complexity index is 389. The topological polar surface area (TPSA) is 77.5 Å². The molecule has 1 amide bonds. The van der Waals surface area contributed by atoms with Crippen LogP contribution in [0.15, 0.2) is 24.4 Å². The molecule has 19 heavy (non-hydrogen) atoms. The van der Waals surface area contributed by atoms with Crippen molar-refractivity contribution in [3.05, 3.63) is 24.4 Å². The molecule has 6 nitrogen and oxygen atoms in total. The van der Waals surface area contributed by atoms with Crippen molar-refractivity contribution in [1.29, 1.82) is 0 Å². The molecule has 0 radical (unpaired) electrons. The summed E-state index contributed by atoms with van der Waals surface area (Å²) in [5, 5.41) is 9.74. The highest BCUT2D eigenvalue weighted by Gasteiger charge is 2.18. The number of aromatic nitrogens is 1. The number of carbonyl (C=O) groups excluding carboxylic acids is 1. The van der Waals surface area contributed by atoms with Crippen LogP contribution >= 0.6 is 0 Å². The van der Waals surface area contributed by atoms with Gasteiger partial charge in [-0.2, -0.15) is 0 Å². The molecule has 0 aliphatic carbocycles. The highest BCUT2D eigenvalue weighted by molar-refractivity contribution is 5.79. The average Bonchev–Trinajstić information content (AvgIpc) is 2.35. The van der Waals surface area contributed by atoms with Gasteiger partial charge >= 0.3 is 0 Å². The Labute approximate surface area is 113 Å². The van der Waals surface area contributed by atoms with Crippen LogP contribution < -0.4 is 10.9 Å². The van der Waals surface area contributed by atoms with Crippen molar-refractivity contribution < 1.29 is 9.90 Å². The number of pyridine rings is 1. The number of anilines is 1. The molecule has 6 heteroatoms. The van der Waals surface area contributed by atoms with Gasteiger partial charge in [0.25, 0.3) is 5.91 Å². The molecule has 0 saturated carbocycles. The Morgan fingerprint density at radius 2 is 2.21 bits per heavy atom. The lowest BCUT2D eigenvalue weighted by atomic mass is 10.1. The fourth-order valence-electron chi connectivity index (χ4n) is 1.64. The monoisotopic (exact) mass is 266 g/mol. The van der Waals surface area contributed by atoms with Crippen LogP contribution in [0.2, 0.25) is 0 Å². The zero-order chi connectivity index (χ0) is 14.3. The SMILES string of the molecule is CCN(CC(=O)NNc1ccccn1)CC(C)(C)O. The molecule has 1 rings (SSSR count). The van der Waals surface area contributed by atoms with Gasteiger partial charge in [0.2, 0.25) is 0 Å². The molecule has 1 aromatic heterocycles. The largest absolute Gasteiger partial charge is 0.389 e. The van der Waals surface area contributed by atoms with E-state index in [9.17, 15) is 9.90 Å². The molecule has 0 saturated heterocycles. The summed E-state index contributed by atoms with van der Waals surface area (Å²) in [7, 11) is 0. The number of hydrazine groups is 1. The second-order valence-electron chi connectivity index (χ2n) is 5.00. The Kier molecular flexibility index (Phi) is 5.72. The van der Waals surface area contributed by atoms with Gasteiger partial charge in [0.1, 0.15) is 5.82 Å². The smallest absolute Gasteiger partial charge is 0.252 e. The zero-order valence-corrected chi connectivity index (χ0v) is 11.7. The third-order valence-corrected chi connectivity index (χ3v) is 2.42. The molecule has 0 spiro atoms. The number of rotatable bonds is 7. The molecule has 1 aromatic rings. The average molecular weight is 266 g/mol. The van der Waals surface area contributed by atoms with Crippen molar-refractivity contribution in [3.8, 4) is 0 Å². The van der Waals surface area contributed by atoms with Gasteiger partial charge in [-0.15, -0.1) is 0 Å². The standard InChI is InChI=1S/C13H22N4O2/c1-4-17(10-13(2,3)19)9-12(18)16-15-11-7-5-6-8-14-11/h5-8,19H,4,9-10H2,1-3H3,(H,14,15)(H,16,18). The number of hydrogen-bond donors (Lipinski definition) is 3. The van der Waals surface area contributed by atoms with E-state index < -0.39 is 5.60 Å². The van der Waals surface area contributed by atoms with Gasteiger partial charge in [0.15, 0.2) is 0 Å². The van der Waals surface area contributed by atoms with Gasteiger partial charge < -0.3 is 5.11 Å². The van der Waals surface area contributed by atoms with E-state index in [4.69, 9.17) is 0 Å². The molecule has 0 unspecified atom stereocenters. The van der Waals surface area contributed by atoms with Crippen molar-refractivity contribution in [2.24, 2.45) is 0 Å². The van der Waals surface area contributed by atoms with E-state index in [1.54, 1.807) is 32.2 Å². The number of nitrogens with zero attached hydrogens (tertiary/aromatic N) is 2. The molecule has 0 atom stereocenters. The summed E-state index contributed by atoms with van der Waals surface area (Å²) < 4.78 is 0. The van der Waals surface area contributed by atoms with Crippen LogP contribution in [0, 0.1) is 0 Å². The molecule has 0 aliphatic rings. The number of amides is 1. The lowest BCUT2D eigenvalue weighted by molar-refractivity contribution is -0.122. The van der Waals surface area contributed by atoms with Crippen LogP contribution in [-0.4, -0.2) is 46.1 Å². The second-order valence-corrected chi connectivity index (χ2v) is 5.00. The molecular weight excluding hydrogens is 244 g/mol. The lowest BCUT2D eigenvalue weighted by Gasteiger charge is -2.27. The minimum atomic E-state index is -0.815. The second kappa shape index (κ2) is 7.06. The van der Waals surface area contributed by atoms with Crippen molar-refractivity contribution in [1.82, 2.24) is 15.3 Å². The predicted molar refractivity (Wildman–Crippen MR) is 74.4 cm³/mol. The minimum absolute atomic E-state index is 0.170. The van der Waals surface area contributed by atoms with Crippen molar-refractivity contribution in [2.45, 2.75) is 26.4 Å². The number of hydrogen-bond acceptors (Lipinski definition) is 5. The van der Waals surface area contributed by atoms with Gasteiger partial charge in [-0.3, -0.25) is 20.5 Å². The molecule has 1 heterocycles. The van der Waals surface area contributed by atoms with Gasteiger partial charge in [0.05, 0.1) is 12.1 Å². The van der Waals surface area contributed by atoms with E-state index >= 15 is 0 Å². The summed E-state index contributed by atoms with van der Waals surface area (Å²) in [5.74, 6) is 0.415. The molecule has 0 bridgehead atoms. The van der Waals surface area contributed by atoms with E-state index in [-0.39, 0.29) is 12.5 Å². The molecule has 0 fully saturated rings. The Morgan fingerprint density at radius 1 is 1.47 bits per heavy atom. The first-order chi connectivity index (χ1) is 8.90. The van der Waals surface area contributed by atoms with Crippen molar-refractivity contribution in [2.75, 3.05) is 25.1 Å². The van der Waals surface area contributed by atoms with E-state index in [0.29, 0.717) is 18.9 Å². The van der Waals surface area contributed by atoms with E-state index in [1.165, 1.54) is 0 Å². The highest BCUT2D eigenvalue weighted by Crippen LogP contribution is 2.04. The van der Waals surface area contributed by atoms with Crippen LogP contribution in [0.4, 0.5) is 5.82 Å². The van der Waals surface area contributed by atoms with Crippen LogP contribution in [0.1, 0.15) is 20.8 Å². The summed E-state index contributed by atoms with van der Waals surface area (Å²) in [6, 6.07) is 5.39. The Hall–Kier alpha value is -1.66. The van der Waals surface area contributed by atoms with E-state index in [1.807, 2.05) is 17.9 Å². The summed E-state index contributed by atoms with van der Waals surface area (Å²) in [6.07, 6.45) is 1.64. The van der Waals surface area contributed by atoms with Crippen molar-refractivity contribution in [3.63, 3.8) is 0 Å². The van der Waals surface area contributed by atoms with Crippen LogP contribution in [0.5, 0.6) is 0 Å². The van der Waals surface area contributed by atoms with Gasteiger partial charge in [-0.25, -0.2) is 4.98 Å². The third-order valence-electron chi connectivity index (χ3n) is 2.42. The predicted octanol–water partition coefficient (Wildman–Crippen LogP) is 0.617. The van der Waals surface area contributed by atoms with Gasteiger partial charge in [0, 0.05) is 12.7 Å². The maximum Gasteiger partial charge on any atom is 0.252 e. The van der Waals surface area contributed by atoms with E-state index in [0.717, 1.165) is 0 Å². The first-order valence-electron chi connectivity index (χ1n) is 6.31. The minimum Gasteiger partial charge on any atom is -0.389 e. The first kappa shape index (κ1) is 15.4. The Balaban J connectivity index is 2.37. The maximum absolute atomic E-state index is 11.7. The summed E-state index contributed by atoms with van der Waals surface area (Å²) >= 11 is 0. The summed E-state index contributed by atoms with van der Waals surface area (Å²) in [5.41, 5.74) is 4.50. The molecule has 106 valence electrons. The van der Waals surface area contributed by atoms with E-state index in [2.05, 4.69) is 15.8 Å². The number of aliphatic hydroxyl groups is 1. The molecule has 0 aliphatic heterocycles. The number of likely N-dealkylation sites (N-methyl/N-ethyl adjacent to an activating group) is 1. The Morgan fingerprint density at radius 3 is 2.74 bits per heavy atom. The van der Waals surface area contributed by atoms with Gasteiger partial charge in [-0.05, 0) is 32.5 Å². The van der Waals surface area contributed by atoms with Crippen LogP contribution in [0.3, 0.4) is 0 Å². The molecular formula is C13H22N4O2.